The van der Waals surface area contributed by atoms with Gasteiger partial charge in [0.05, 0.1) is 19.0 Å². The Morgan fingerprint density at radius 1 is 0.895 bits per heavy atom. The van der Waals surface area contributed by atoms with Crippen LogP contribution in [-0.2, 0) is 25.7 Å². The number of hydrogen-bond acceptors (Lipinski definition) is 5. The van der Waals surface area contributed by atoms with Crippen LogP contribution < -0.4 is 10.6 Å². The zero-order valence-corrected chi connectivity index (χ0v) is 21.3. The zero-order chi connectivity index (χ0) is 27.7. The van der Waals surface area contributed by atoms with Gasteiger partial charge < -0.3 is 25.4 Å². The number of fused-ring (bicyclic) bond motifs is 1. The van der Waals surface area contributed by atoms with Gasteiger partial charge in [-0.25, -0.2) is 0 Å². The quantitative estimate of drug-likeness (QED) is 0.317. The van der Waals surface area contributed by atoms with Crippen LogP contribution in [0.2, 0.25) is 0 Å². The molecule has 3 aromatic rings. The maximum Gasteiger partial charge on any atom is 0.305 e. The van der Waals surface area contributed by atoms with Crippen molar-refractivity contribution in [3.8, 4) is 0 Å². The van der Waals surface area contributed by atoms with Gasteiger partial charge in [0, 0.05) is 12.1 Å². The van der Waals surface area contributed by atoms with E-state index in [9.17, 15) is 24.0 Å². The lowest BCUT2D eigenvalue weighted by molar-refractivity contribution is -0.141. The van der Waals surface area contributed by atoms with Crippen LogP contribution in [0.25, 0.3) is 10.8 Å². The molecule has 2 atom stereocenters. The third-order valence-electron chi connectivity index (χ3n) is 6.02. The fourth-order valence-corrected chi connectivity index (χ4v) is 4.12. The van der Waals surface area contributed by atoms with Gasteiger partial charge in [-0.3, -0.25) is 19.2 Å². The van der Waals surface area contributed by atoms with Crippen LogP contribution in [0, 0.1) is 5.92 Å². The van der Waals surface area contributed by atoms with E-state index >= 15 is 0 Å². The van der Waals surface area contributed by atoms with Crippen LogP contribution in [0.4, 0.5) is 0 Å². The predicted molar refractivity (Wildman–Crippen MR) is 142 cm³/mol. The normalized spacial score (nSPS) is 12.4. The van der Waals surface area contributed by atoms with Crippen molar-refractivity contribution in [2.75, 3.05) is 6.54 Å². The molecule has 0 aromatic heterocycles. The Bertz CT molecular complexity index is 1300. The molecule has 0 spiro atoms. The highest BCUT2D eigenvalue weighted by atomic mass is 16.4. The van der Waals surface area contributed by atoms with Gasteiger partial charge in [-0.2, -0.15) is 0 Å². The molecule has 3 aromatic carbocycles. The van der Waals surface area contributed by atoms with Crippen molar-refractivity contribution in [1.29, 1.82) is 0 Å². The van der Waals surface area contributed by atoms with Crippen molar-refractivity contribution in [3.63, 3.8) is 0 Å². The molecule has 0 aliphatic rings. The number of carboxylic acids is 1. The highest BCUT2D eigenvalue weighted by molar-refractivity contribution is 6.08. The smallest absolute Gasteiger partial charge is 0.305 e. The van der Waals surface area contributed by atoms with Gasteiger partial charge in [-0.1, -0.05) is 80.6 Å². The van der Waals surface area contributed by atoms with E-state index < -0.39 is 48.7 Å². The Kier molecular flexibility index (Phi) is 9.70. The van der Waals surface area contributed by atoms with Gasteiger partial charge in [-0.05, 0) is 28.3 Å². The van der Waals surface area contributed by atoms with Crippen LogP contribution in [0.15, 0.2) is 72.8 Å². The fraction of sp³-hybridized carbons (Fsp3) is 0.276. The zero-order valence-electron chi connectivity index (χ0n) is 21.3. The van der Waals surface area contributed by atoms with Crippen LogP contribution in [0.5, 0.6) is 0 Å². The summed E-state index contributed by atoms with van der Waals surface area (Å²) in [6.07, 6.45) is -0.228. The number of rotatable bonds is 12. The second kappa shape index (κ2) is 13.1. The average molecular weight is 518 g/mol. The molecule has 0 aliphatic heterocycles. The summed E-state index contributed by atoms with van der Waals surface area (Å²) in [6.45, 7) is 3.24. The predicted octanol–water partition coefficient (Wildman–Crippen LogP) is 2.78. The molecular formula is C29H31N3O6. The summed E-state index contributed by atoms with van der Waals surface area (Å²) in [5.74, 6) is -3.13. The molecule has 9 nitrogen and oxygen atoms in total. The van der Waals surface area contributed by atoms with Gasteiger partial charge in [0.25, 0.3) is 5.91 Å². The molecule has 9 heteroatoms. The van der Waals surface area contributed by atoms with Gasteiger partial charge in [-0.15, -0.1) is 0 Å². The first-order valence-electron chi connectivity index (χ1n) is 12.3. The van der Waals surface area contributed by atoms with Crippen molar-refractivity contribution >= 4 is 40.7 Å². The number of nitrogens with one attached hydrogen (secondary N) is 2. The number of carbonyl (C=O) groups is 5. The van der Waals surface area contributed by atoms with E-state index in [4.69, 9.17) is 5.11 Å². The molecule has 198 valence electrons. The molecule has 2 unspecified atom stereocenters. The summed E-state index contributed by atoms with van der Waals surface area (Å²) in [7, 11) is 0. The molecule has 3 N–H and O–H groups in total. The van der Waals surface area contributed by atoms with Gasteiger partial charge in [0.1, 0.15) is 12.3 Å². The average Bonchev–Trinajstić information content (AvgIpc) is 2.90. The minimum absolute atomic E-state index is 0.0745. The van der Waals surface area contributed by atoms with E-state index in [0.29, 0.717) is 11.8 Å². The summed E-state index contributed by atoms with van der Waals surface area (Å²) < 4.78 is 0. The summed E-state index contributed by atoms with van der Waals surface area (Å²) in [4.78, 5) is 63.3. The summed E-state index contributed by atoms with van der Waals surface area (Å²) in [5.41, 5.74) is 1.19. The first kappa shape index (κ1) is 28.0. The summed E-state index contributed by atoms with van der Waals surface area (Å²) in [6, 6.07) is 19.7. The van der Waals surface area contributed by atoms with E-state index in [1.807, 2.05) is 36.4 Å². The van der Waals surface area contributed by atoms with Crippen LogP contribution in [0.1, 0.15) is 36.2 Å². The molecule has 3 amide bonds. The molecule has 0 bridgehead atoms. The first-order valence-corrected chi connectivity index (χ1v) is 12.3. The monoisotopic (exact) mass is 517 g/mol. The molecule has 38 heavy (non-hydrogen) atoms. The second-order valence-corrected chi connectivity index (χ2v) is 9.31. The lowest BCUT2D eigenvalue weighted by Gasteiger charge is -2.30. The number of aldehydes is 1. The number of amides is 3. The minimum Gasteiger partial charge on any atom is -0.481 e. The first-order chi connectivity index (χ1) is 18.2. The third-order valence-corrected chi connectivity index (χ3v) is 6.02. The molecule has 0 fully saturated rings. The second-order valence-electron chi connectivity index (χ2n) is 9.31. The van der Waals surface area contributed by atoms with Crippen LogP contribution in [-0.4, -0.2) is 58.6 Å². The van der Waals surface area contributed by atoms with E-state index in [2.05, 4.69) is 10.6 Å². The number of carbonyl (C=O) groups excluding carboxylic acids is 4. The largest absolute Gasteiger partial charge is 0.481 e. The maximum absolute atomic E-state index is 13.8. The number of carboxylic acid groups (broad SMARTS) is 1. The highest BCUT2D eigenvalue weighted by Crippen LogP contribution is 2.19. The number of hydrogen-bond donors (Lipinski definition) is 3. The summed E-state index contributed by atoms with van der Waals surface area (Å²) >= 11 is 0. The maximum atomic E-state index is 13.8. The molecule has 3 rings (SSSR count). The van der Waals surface area contributed by atoms with E-state index in [1.165, 1.54) is 4.90 Å². The number of benzene rings is 3. The topological polar surface area (TPSA) is 133 Å². The van der Waals surface area contributed by atoms with Crippen LogP contribution in [0.3, 0.4) is 0 Å². The van der Waals surface area contributed by atoms with Crippen molar-refractivity contribution in [2.45, 2.75) is 38.9 Å². The molecule has 0 saturated carbocycles. The van der Waals surface area contributed by atoms with Crippen molar-refractivity contribution < 1.29 is 29.1 Å². The lowest BCUT2D eigenvalue weighted by atomic mass is 10.00. The third kappa shape index (κ3) is 7.49. The molecular weight excluding hydrogens is 486 g/mol. The minimum atomic E-state index is -1.24. The van der Waals surface area contributed by atoms with Gasteiger partial charge in [0.15, 0.2) is 0 Å². The van der Waals surface area contributed by atoms with Crippen LogP contribution >= 0.6 is 0 Å². The molecule has 0 saturated heterocycles. The lowest BCUT2D eigenvalue weighted by Crippen LogP contribution is -2.53. The molecule has 0 radical (unpaired) electrons. The number of aliphatic carboxylic acids is 1. The Labute approximate surface area is 220 Å². The van der Waals surface area contributed by atoms with E-state index in [-0.39, 0.29) is 12.5 Å². The summed E-state index contributed by atoms with van der Waals surface area (Å²) in [5, 5.41) is 15.8. The number of nitrogens with zero attached hydrogens (tertiary/aromatic N) is 1. The van der Waals surface area contributed by atoms with Gasteiger partial charge >= 0.3 is 5.97 Å². The van der Waals surface area contributed by atoms with Crippen molar-refractivity contribution in [1.82, 2.24) is 15.5 Å². The SMILES string of the molecule is CC(C)C(NC(=O)c1cccc2ccccc12)C(=O)N(CC(=O)NC(C=O)CC(=O)O)Cc1ccccc1. The Hall–Kier alpha value is -4.53. The fourth-order valence-electron chi connectivity index (χ4n) is 4.12. The van der Waals surface area contributed by atoms with E-state index in [1.54, 1.807) is 50.2 Å². The van der Waals surface area contributed by atoms with E-state index in [0.717, 1.165) is 16.3 Å². The van der Waals surface area contributed by atoms with Gasteiger partial charge in [0.2, 0.25) is 11.8 Å². The van der Waals surface area contributed by atoms with Crippen molar-refractivity contribution in [2.24, 2.45) is 5.92 Å². The Morgan fingerprint density at radius 3 is 2.21 bits per heavy atom. The Morgan fingerprint density at radius 2 is 1.55 bits per heavy atom. The standard InChI is InChI=1S/C29H31N3O6/c1-19(2)27(31-28(37)24-14-8-12-21-11-6-7-13-23(21)24)29(38)32(16-20-9-4-3-5-10-20)17-25(34)30-22(18-33)15-26(35)36/h3-14,18-19,22,27H,15-17H2,1-2H3,(H,30,34)(H,31,37)(H,35,36). The highest BCUT2D eigenvalue weighted by Gasteiger charge is 2.31. The Balaban J connectivity index is 1.85. The molecule has 0 heterocycles. The van der Waals surface area contributed by atoms with Crippen molar-refractivity contribution in [3.05, 3.63) is 83.9 Å². The molecule has 0 aliphatic carbocycles.